The van der Waals surface area contributed by atoms with Gasteiger partial charge in [0, 0.05) is 6.07 Å². The van der Waals surface area contributed by atoms with Crippen LogP contribution in [0.2, 0.25) is 0 Å². The van der Waals surface area contributed by atoms with E-state index in [1.165, 1.54) is 11.3 Å². The molecule has 0 aliphatic carbocycles. The Morgan fingerprint density at radius 2 is 2.18 bits per heavy atom. The predicted molar refractivity (Wildman–Crippen MR) is 67.0 cm³/mol. The van der Waals surface area contributed by atoms with Crippen LogP contribution >= 0.6 is 11.3 Å². The highest BCUT2D eigenvalue weighted by atomic mass is 32.2. The first-order valence-corrected chi connectivity index (χ1v) is 7.10. The molecule has 17 heavy (non-hydrogen) atoms. The van der Waals surface area contributed by atoms with Gasteiger partial charge in [0.05, 0.1) is 12.8 Å². The van der Waals surface area contributed by atoms with Crippen molar-refractivity contribution in [3.05, 3.63) is 41.8 Å². The molecule has 1 heterocycles. The minimum absolute atomic E-state index is 0.279. The maximum atomic E-state index is 11.9. The summed E-state index contributed by atoms with van der Waals surface area (Å²) >= 11 is 1.17. The molecule has 0 fully saturated rings. The third-order valence-electron chi connectivity index (χ3n) is 2.02. The zero-order valence-corrected chi connectivity index (χ0v) is 10.6. The number of methoxy groups -OCH3 is 1. The highest BCUT2D eigenvalue weighted by Crippen LogP contribution is 2.21. The van der Waals surface area contributed by atoms with Crippen LogP contribution in [0, 0.1) is 6.07 Å². The molecule has 1 N–H and O–H groups in total. The highest BCUT2D eigenvalue weighted by molar-refractivity contribution is 7.94. The van der Waals surface area contributed by atoms with Crippen LogP contribution in [-0.2, 0) is 10.0 Å². The van der Waals surface area contributed by atoms with Gasteiger partial charge in [0.15, 0.2) is 0 Å². The minimum atomic E-state index is -3.49. The number of ether oxygens (including phenoxy) is 1. The molecule has 2 aromatic rings. The Balaban J connectivity index is 2.21. The number of nitrogens with one attached hydrogen (secondary N) is 1. The van der Waals surface area contributed by atoms with Crippen molar-refractivity contribution in [1.29, 1.82) is 0 Å². The van der Waals surface area contributed by atoms with Gasteiger partial charge in [-0.1, -0.05) is 6.07 Å². The summed E-state index contributed by atoms with van der Waals surface area (Å²) in [6, 6.07) is 10.9. The molecule has 0 unspecified atom stereocenters. The van der Waals surface area contributed by atoms with Gasteiger partial charge in [-0.15, -0.1) is 11.3 Å². The van der Waals surface area contributed by atoms with E-state index in [0.717, 1.165) is 0 Å². The molecular weight excluding hydrogens is 258 g/mol. The predicted octanol–water partition coefficient (Wildman–Crippen LogP) is 2.36. The van der Waals surface area contributed by atoms with Crippen LogP contribution in [0.5, 0.6) is 5.75 Å². The van der Waals surface area contributed by atoms with Crippen LogP contribution < -0.4 is 9.46 Å². The van der Waals surface area contributed by atoms with E-state index in [9.17, 15) is 8.42 Å². The number of sulfonamides is 1. The van der Waals surface area contributed by atoms with Crippen molar-refractivity contribution in [2.45, 2.75) is 4.21 Å². The number of hydrogen-bond donors (Lipinski definition) is 1. The first-order chi connectivity index (χ1) is 8.12. The summed E-state index contributed by atoms with van der Waals surface area (Å²) in [6.45, 7) is 0. The molecule has 1 radical (unpaired) electrons. The molecule has 0 bridgehead atoms. The van der Waals surface area contributed by atoms with Gasteiger partial charge >= 0.3 is 0 Å². The molecule has 0 spiro atoms. The molecule has 2 rings (SSSR count). The lowest BCUT2D eigenvalue weighted by Gasteiger charge is -2.06. The van der Waals surface area contributed by atoms with Crippen molar-refractivity contribution in [3.8, 4) is 5.75 Å². The van der Waals surface area contributed by atoms with Crippen molar-refractivity contribution in [2.24, 2.45) is 0 Å². The molecule has 6 heteroatoms. The molecule has 1 aromatic heterocycles. The first-order valence-electron chi connectivity index (χ1n) is 4.74. The van der Waals surface area contributed by atoms with Crippen molar-refractivity contribution in [1.82, 2.24) is 0 Å². The normalized spacial score (nSPS) is 11.1. The minimum Gasteiger partial charge on any atom is -0.497 e. The van der Waals surface area contributed by atoms with Crippen molar-refractivity contribution in [2.75, 3.05) is 11.8 Å². The van der Waals surface area contributed by atoms with Crippen LogP contribution in [0.3, 0.4) is 0 Å². The van der Waals surface area contributed by atoms with Gasteiger partial charge in [-0.3, -0.25) is 4.72 Å². The Morgan fingerprint density at radius 1 is 1.35 bits per heavy atom. The third kappa shape index (κ3) is 2.78. The first kappa shape index (κ1) is 11.9. The lowest BCUT2D eigenvalue weighted by atomic mass is 10.3. The average Bonchev–Trinajstić information content (AvgIpc) is 2.84. The number of rotatable bonds is 4. The van der Waals surface area contributed by atoms with Gasteiger partial charge in [-0.05, 0) is 29.6 Å². The van der Waals surface area contributed by atoms with Gasteiger partial charge in [0.2, 0.25) is 0 Å². The van der Waals surface area contributed by atoms with Crippen LogP contribution in [0.4, 0.5) is 5.69 Å². The number of benzene rings is 1. The topological polar surface area (TPSA) is 55.4 Å². The van der Waals surface area contributed by atoms with Crippen LogP contribution in [0.15, 0.2) is 39.9 Å². The average molecular weight is 268 g/mol. The van der Waals surface area contributed by atoms with Crippen LogP contribution in [0.25, 0.3) is 0 Å². The van der Waals surface area contributed by atoms with Gasteiger partial charge in [-0.25, -0.2) is 8.42 Å². The van der Waals surface area contributed by atoms with E-state index in [1.54, 1.807) is 42.8 Å². The summed E-state index contributed by atoms with van der Waals surface area (Å²) in [7, 11) is -1.95. The Kier molecular flexibility index (Phi) is 3.35. The second-order valence-corrected chi connectivity index (χ2v) is 6.04. The third-order valence-corrected chi connectivity index (χ3v) is 4.79. The van der Waals surface area contributed by atoms with Crippen LogP contribution in [-0.4, -0.2) is 15.5 Å². The summed E-state index contributed by atoms with van der Waals surface area (Å²) in [5.41, 5.74) is 0.388. The molecular formula is C11H10NO3S2. The Morgan fingerprint density at radius 3 is 2.71 bits per heavy atom. The number of thiophene rings is 1. The van der Waals surface area contributed by atoms with E-state index in [4.69, 9.17) is 4.74 Å². The van der Waals surface area contributed by atoms with Crippen molar-refractivity contribution >= 4 is 27.0 Å². The van der Waals surface area contributed by atoms with Crippen molar-refractivity contribution in [3.63, 3.8) is 0 Å². The van der Waals surface area contributed by atoms with Crippen LogP contribution in [0.1, 0.15) is 0 Å². The van der Waals surface area contributed by atoms with E-state index in [1.807, 2.05) is 0 Å². The standard InChI is InChI=1S/C11H10NO3S2/c1-15-10-6-4-9(5-7-10)12-17(13,14)11-3-2-8-16-11/h2-4,6-8,12H,1H3. The molecule has 4 nitrogen and oxygen atoms in total. The van der Waals surface area contributed by atoms with E-state index in [2.05, 4.69) is 10.8 Å². The van der Waals surface area contributed by atoms with E-state index >= 15 is 0 Å². The van der Waals surface area contributed by atoms with Gasteiger partial charge in [-0.2, -0.15) is 0 Å². The van der Waals surface area contributed by atoms with Gasteiger partial charge < -0.3 is 4.74 Å². The Bertz CT molecular complexity index is 574. The van der Waals surface area contributed by atoms with E-state index in [-0.39, 0.29) is 4.21 Å². The molecule has 0 atom stereocenters. The Labute approximate surface area is 104 Å². The van der Waals surface area contributed by atoms with Gasteiger partial charge in [0.1, 0.15) is 9.96 Å². The van der Waals surface area contributed by atoms with Gasteiger partial charge in [0.25, 0.3) is 10.0 Å². The summed E-state index contributed by atoms with van der Waals surface area (Å²) in [5, 5.41) is 1.71. The van der Waals surface area contributed by atoms with Crippen molar-refractivity contribution < 1.29 is 13.2 Å². The lowest BCUT2D eigenvalue weighted by Crippen LogP contribution is -2.11. The molecule has 0 aliphatic rings. The quantitative estimate of drug-likeness (QED) is 0.926. The maximum absolute atomic E-state index is 11.9. The molecule has 1 aromatic carbocycles. The SMILES string of the molecule is COc1c[c]c(NS(=O)(=O)c2cccs2)cc1. The molecule has 0 saturated heterocycles. The summed E-state index contributed by atoms with van der Waals surface area (Å²) in [6.07, 6.45) is 0. The second-order valence-electron chi connectivity index (χ2n) is 3.18. The fourth-order valence-corrected chi connectivity index (χ4v) is 3.23. The zero-order valence-electron chi connectivity index (χ0n) is 9.01. The summed E-state index contributed by atoms with van der Waals surface area (Å²) in [5.74, 6) is 0.629. The summed E-state index contributed by atoms with van der Waals surface area (Å²) < 4.78 is 31.4. The molecule has 0 amide bonds. The lowest BCUT2D eigenvalue weighted by molar-refractivity contribution is 0.415. The summed E-state index contributed by atoms with van der Waals surface area (Å²) in [4.78, 5) is 0. The zero-order chi connectivity index (χ0) is 12.3. The fourth-order valence-electron chi connectivity index (χ4n) is 1.21. The smallest absolute Gasteiger partial charge is 0.271 e. The largest absolute Gasteiger partial charge is 0.497 e. The molecule has 89 valence electrons. The van der Waals surface area contributed by atoms with E-state index in [0.29, 0.717) is 11.4 Å². The molecule has 0 aliphatic heterocycles. The number of hydrogen-bond acceptors (Lipinski definition) is 4. The Hall–Kier alpha value is -1.53. The number of anilines is 1. The highest BCUT2D eigenvalue weighted by Gasteiger charge is 2.14. The second kappa shape index (κ2) is 4.77. The maximum Gasteiger partial charge on any atom is 0.271 e. The molecule has 0 saturated carbocycles. The monoisotopic (exact) mass is 268 g/mol. The fraction of sp³-hybridized carbons (Fsp3) is 0.0909. The van der Waals surface area contributed by atoms with E-state index < -0.39 is 10.0 Å².